The average molecular weight is 396 g/mol. The van der Waals surface area contributed by atoms with Crippen molar-refractivity contribution in [2.75, 3.05) is 12.0 Å². The summed E-state index contributed by atoms with van der Waals surface area (Å²) in [6.07, 6.45) is 4.75. The van der Waals surface area contributed by atoms with E-state index < -0.39 is 23.5 Å². The maximum absolute atomic E-state index is 12.2. The van der Waals surface area contributed by atoms with Gasteiger partial charge in [0, 0.05) is 16.8 Å². The molecule has 1 amide bonds. The first kappa shape index (κ1) is 20.0. The summed E-state index contributed by atoms with van der Waals surface area (Å²) in [5, 5.41) is 12.2. The van der Waals surface area contributed by atoms with Crippen molar-refractivity contribution in [2.45, 2.75) is 19.0 Å². The number of thioether (sulfide) groups is 1. The number of carboxylic acids is 1. The normalized spacial score (nSPS) is 11.8. The number of halogens is 1. The van der Waals surface area contributed by atoms with E-state index >= 15 is 0 Å². The van der Waals surface area contributed by atoms with Gasteiger partial charge in [-0.15, -0.1) is 0 Å². The molecule has 2 N–H and O–H groups in total. The van der Waals surface area contributed by atoms with E-state index in [1.807, 2.05) is 6.26 Å². The number of hydrogen-bond acceptors (Lipinski definition) is 5. The summed E-state index contributed by atoms with van der Waals surface area (Å²) in [5.41, 5.74) is 0.798. The Hall–Kier alpha value is -2.32. The number of rotatable bonds is 8. The quantitative estimate of drug-likeness (QED) is 0.707. The van der Waals surface area contributed by atoms with Crippen LogP contribution in [0.4, 0.5) is 0 Å². The number of hydrogen-bond donors (Lipinski definition) is 2. The number of aliphatic carboxylic acids is 1. The summed E-state index contributed by atoms with van der Waals surface area (Å²) in [4.78, 5) is 39.4. The first-order chi connectivity index (χ1) is 12.4. The van der Waals surface area contributed by atoms with E-state index in [9.17, 15) is 19.5 Å². The largest absolute Gasteiger partial charge is 0.480 e. The average Bonchev–Trinajstić information content (AvgIpc) is 2.61. The van der Waals surface area contributed by atoms with Gasteiger partial charge in [0.05, 0.1) is 11.9 Å². The molecular weight excluding hydrogens is 378 g/mol. The molecule has 0 bridgehead atoms. The molecule has 0 saturated heterocycles. The monoisotopic (exact) mass is 395 g/mol. The van der Waals surface area contributed by atoms with Crippen LogP contribution in [0.1, 0.15) is 6.42 Å². The van der Waals surface area contributed by atoms with E-state index in [0.717, 1.165) is 11.8 Å². The number of carbonyl (C=O) groups is 2. The van der Waals surface area contributed by atoms with Crippen LogP contribution in [0.15, 0.2) is 41.5 Å². The van der Waals surface area contributed by atoms with Gasteiger partial charge in [-0.2, -0.15) is 11.8 Å². The third-order valence-corrected chi connectivity index (χ3v) is 4.47. The van der Waals surface area contributed by atoms with Gasteiger partial charge < -0.3 is 15.0 Å². The lowest BCUT2D eigenvalue weighted by Gasteiger charge is -2.14. The van der Waals surface area contributed by atoms with Crippen molar-refractivity contribution in [3.8, 4) is 11.3 Å². The summed E-state index contributed by atoms with van der Waals surface area (Å²) in [6, 6.07) is 5.92. The van der Waals surface area contributed by atoms with E-state index in [2.05, 4.69) is 10.3 Å². The van der Waals surface area contributed by atoms with Crippen LogP contribution in [0.5, 0.6) is 0 Å². The molecule has 1 atom stereocenters. The summed E-state index contributed by atoms with van der Waals surface area (Å²) in [6.45, 7) is -0.287. The minimum Gasteiger partial charge on any atom is -0.480 e. The van der Waals surface area contributed by atoms with Gasteiger partial charge in [0.25, 0.3) is 5.56 Å². The van der Waals surface area contributed by atoms with Crippen LogP contribution in [0.2, 0.25) is 5.02 Å². The summed E-state index contributed by atoms with van der Waals surface area (Å²) in [7, 11) is 0. The highest BCUT2D eigenvalue weighted by molar-refractivity contribution is 7.98. The van der Waals surface area contributed by atoms with Gasteiger partial charge in [-0.05, 0) is 30.6 Å². The topological polar surface area (TPSA) is 101 Å². The molecule has 0 unspecified atom stereocenters. The molecule has 9 heteroatoms. The van der Waals surface area contributed by atoms with Gasteiger partial charge in [-0.1, -0.05) is 23.7 Å². The maximum atomic E-state index is 12.2. The van der Waals surface area contributed by atoms with E-state index in [4.69, 9.17) is 11.6 Å². The molecule has 26 heavy (non-hydrogen) atoms. The van der Waals surface area contributed by atoms with Crippen LogP contribution in [-0.2, 0) is 16.1 Å². The zero-order valence-corrected chi connectivity index (χ0v) is 15.6. The molecule has 2 rings (SSSR count). The molecular formula is C17H18ClN3O4S. The van der Waals surface area contributed by atoms with Gasteiger partial charge >= 0.3 is 5.97 Å². The van der Waals surface area contributed by atoms with Crippen molar-refractivity contribution in [3.05, 3.63) is 52.0 Å². The van der Waals surface area contributed by atoms with Crippen LogP contribution >= 0.6 is 23.4 Å². The van der Waals surface area contributed by atoms with Crippen molar-refractivity contribution < 1.29 is 14.7 Å². The molecule has 0 saturated carbocycles. The molecule has 0 radical (unpaired) electrons. The third-order valence-electron chi connectivity index (χ3n) is 3.57. The van der Waals surface area contributed by atoms with Gasteiger partial charge in [-0.3, -0.25) is 9.59 Å². The van der Waals surface area contributed by atoms with Crippen LogP contribution in [0.3, 0.4) is 0 Å². The Bertz CT molecular complexity index is 839. The summed E-state index contributed by atoms with van der Waals surface area (Å²) < 4.78 is 1.19. The Morgan fingerprint density at radius 3 is 2.65 bits per heavy atom. The first-order valence-electron chi connectivity index (χ1n) is 7.74. The first-order valence-corrected chi connectivity index (χ1v) is 9.51. The number of amides is 1. The van der Waals surface area contributed by atoms with E-state index in [-0.39, 0.29) is 6.54 Å². The fourth-order valence-corrected chi connectivity index (χ4v) is 2.82. The smallest absolute Gasteiger partial charge is 0.326 e. The second kappa shape index (κ2) is 9.40. The molecule has 0 aliphatic heterocycles. The number of aromatic nitrogens is 2. The predicted molar refractivity (Wildman–Crippen MR) is 102 cm³/mol. The molecule has 0 spiro atoms. The third kappa shape index (κ3) is 5.60. The molecule has 1 heterocycles. The Morgan fingerprint density at radius 2 is 2.04 bits per heavy atom. The van der Waals surface area contributed by atoms with Gasteiger partial charge in [-0.25, -0.2) is 9.78 Å². The minimum absolute atomic E-state index is 0.287. The van der Waals surface area contributed by atoms with Crippen LogP contribution in [0, 0.1) is 0 Å². The van der Waals surface area contributed by atoms with Crippen molar-refractivity contribution >= 4 is 35.2 Å². The zero-order chi connectivity index (χ0) is 19.1. The Labute approximate surface area is 159 Å². The highest BCUT2D eigenvalue weighted by atomic mass is 35.5. The summed E-state index contributed by atoms with van der Waals surface area (Å²) in [5.74, 6) is -1.04. The van der Waals surface area contributed by atoms with Crippen LogP contribution in [0.25, 0.3) is 11.3 Å². The number of nitrogens with zero attached hydrogens (tertiary/aromatic N) is 2. The van der Waals surface area contributed by atoms with Gasteiger partial charge in [0.1, 0.15) is 12.6 Å². The number of benzene rings is 1. The molecule has 0 fully saturated rings. The number of carbonyl (C=O) groups excluding carboxylic acids is 1. The molecule has 138 valence electrons. The second-order valence-electron chi connectivity index (χ2n) is 5.49. The number of nitrogens with one attached hydrogen (secondary N) is 1. The Balaban J connectivity index is 2.14. The van der Waals surface area contributed by atoms with Crippen molar-refractivity contribution in [2.24, 2.45) is 0 Å². The minimum atomic E-state index is -1.10. The fraction of sp³-hybridized carbons (Fsp3) is 0.294. The van der Waals surface area contributed by atoms with E-state index in [1.165, 1.54) is 22.5 Å². The lowest BCUT2D eigenvalue weighted by atomic mass is 10.2. The number of carboxylic acid groups (broad SMARTS) is 1. The van der Waals surface area contributed by atoms with Crippen molar-refractivity contribution in [1.29, 1.82) is 0 Å². The molecule has 1 aromatic carbocycles. The van der Waals surface area contributed by atoms with Gasteiger partial charge in [0.15, 0.2) is 0 Å². The molecule has 0 aliphatic carbocycles. The summed E-state index contributed by atoms with van der Waals surface area (Å²) >= 11 is 7.35. The maximum Gasteiger partial charge on any atom is 0.326 e. The van der Waals surface area contributed by atoms with E-state index in [1.54, 1.807) is 24.3 Å². The Morgan fingerprint density at radius 1 is 1.35 bits per heavy atom. The highest BCUT2D eigenvalue weighted by Gasteiger charge is 2.19. The van der Waals surface area contributed by atoms with Crippen LogP contribution < -0.4 is 10.9 Å². The predicted octanol–water partition coefficient (Wildman–Crippen LogP) is 1.89. The molecule has 7 nitrogen and oxygen atoms in total. The fourth-order valence-electron chi connectivity index (χ4n) is 2.22. The SMILES string of the molecule is CSCC[C@@H](NC(=O)Cn1cc(-c2ccc(Cl)cc2)ncc1=O)C(=O)O. The second-order valence-corrected chi connectivity index (χ2v) is 6.91. The zero-order valence-electron chi connectivity index (χ0n) is 14.0. The van der Waals surface area contributed by atoms with Crippen molar-refractivity contribution in [1.82, 2.24) is 14.9 Å². The Kier molecular flexibility index (Phi) is 7.23. The van der Waals surface area contributed by atoms with Crippen LogP contribution in [-0.4, -0.2) is 44.6 Å². The van der Waals surface area contributed by atoms with Crippen molar-refractivity contribution in [3.63, 3.8) is 0 Å². The van der Waals surface area contributed by atoms with Gasteiger partial charge in [0.2, 0.25) is 5.91 Å². The molecule has 0 aliphatic rings. The lowest BCUT2D eigenvalue weighted by molar-refractivity contribution is -0.141. The van der Waals surface area contributed by atoms with E-state index in [0.29, 0.717) is 22.9 Å². The molecule has 2 aromatic rings. The molecule has 1 aromatic heterocycles. The highest BCUT2D eigenvalue weighted by Crippen LogP contribution is 2.18. The standard InChI is InChI=1S/C17H18ClN3O4S/c1-26-7-6-13(17(24)25)20-15(22)10-21-9-14(19-8-16(21)23)11-2-4-12(18)5-3-11/h2-5,8-9,13H,6-7,10H2,1H3,(H,20,22)(H,24,25)/t13-/m1/s1. The lowest BCUT2D eigenvalue weighted by Crippen LogP contribution is -2.43.